The predicted molar refractivity (Wildman–Crippen MR) is 54.0 cm³/mol. The van der Waals surface area contributed by atoms with Gasteiger partial charge >= 0.3 is 0 Å². The zero-order valence-corrected chi connectivity index (χ0v) is 8.04. The quantitative estimate of drug-likeness (QED) is 0.689. The second-order valence-electron chi connectivity index (χ2n) is 3.77. The maximum absolute atomic E-state index is 9.58. The molecule has 0 fully saturated rings. The Bertz CT molecular complexity index is 320. The Hall–Kier alpha value is -1.02. The second kappa shape index (κ2) is 3.04. The number of benzene rings is 1. The SMILES string of the molecule is CC(O)c1cccc2c1C(C)CN2. The maximum Gasteiger partial charge on any atom is 0.0765 e. The highest BCUT2D eigenvalue weighted by Crippen LogP contribution is 2.36. The third-order valence-electron chi connectivity index (χ3n) is 2.68. The van der Waals surface area contributed by atoms with Crippen LogP contribution in [0.3, 0.4) is 0 Å². The Morgan fingerprint density at radius 1 is 1.54 bits per heavy atom. The Labute approximate surface area is 78.6 Å². The molecule has 1 aliphatic heterocycles. The van der Waals surface area contributed by atoms with Crippen LogP contribution in [0.5, 0.6) is 0 Å². The molecule has 1 heterocycles. The summed E-state index contributed by atoms with van der Waals surface area (Å²) in [5.74, 6) is 0.515. The molecule has 13 heavy (non-hydrogen) atoms. The van der Waals surface area contributed by atoms with Gasteiger partial charge in [-0.1, -0.05) is 19.1 Å². The van der Waals surface area contributed by atoms with Crippen molar-refractivity contribution >= 4 is 5.69 Å². The minimum atomic E-state index is -0.364. The first-order chi connectivity index (χ1) is 6.20. The Morgan fingerprint density at radius 2 is 2.31 bits per heavy atom. The maximum atomic E-state index is 9.58. The highest BCUT2D eigenvalue weighted by molar-refractivity contribution is 5.61. The highest BCUT2D eigenvalue weighted by Gasteiger charge is 2.22. The van der Waals surface area contributed by atoms with E-state index in [2.05, 4.69) is 18.3 Å². The standard InChI is InChI=1S/C11H15NO/c1-7-6-12-10-5-3-4-9(8(2)13)11(7)10/h3-5,7-8,12-13H,6H2,1-2H3. The molecule has 0 amide bonds. The lowest BCUT2D eigenvalue weighted by Crippen LogP contribution is -2.00. The Morgan fingerprint density at radius 3 is 3.00 bits per heavy atom. The molecule has 0 aromatic heterocycles. The van der Waals surface area contributed by atoms with Crippen LogP contribution in [-0.2, 0) is 0 Å². The van der Waals surface area contributed by atoms with Gasteiger partial charge in [-0.25, -0.2) is 0 Å². The van der Waals surface area contributed by atoms with E-state index in [1.54, 1.807) is 0 Å². The number of rotatable bonds is 1. The molecule has 0 saturated heterocycles. The van der Waals surface area contributed by atoms with Crippen LogP contribution in [0, 0.1) is 0 Å². The van der Waals surface area contributed by atoms with Gasteiger partial charge in [0, 0.05) is 18.2 Å². The van der Waals surface area contributed by atoms with E-state index in [1.807, 2.05) is 19.1 Å². The smallest absolute Gasteiger partial charge is 0.0765 e. The zero-order valence-electron chi connectivity index (χ0n) is 8.04. The summed E-state index contributed by atoms with van der Waals surface area (Å²) in [6, 6.07) is 6.07. The van der Waals surface area contributed by atoms with Crippen LogP contribution in [0.25, 0.3) is 0 Å². The van der Waals surface area contributed by atoms with Gasteiger partial charge < -0.3 is 10.4 Å². The van der Waals surface area contributed by atoms with Crippen molar-refractivity contribution in [3.05, 3.63) is 29.3 Å². The van der Waals surface area contributed by atoms with E-state index in [9.17, 15) is 5.11 Å². The van der Waals surface area contributed by atoms with Crippen LogP contribution < -0.4 is 5.32 Å². The molecule has 2 atom stereocenters. The summed E-state index contributed by atoms with van der Waals surface area (Å²) >= 11 is 0. The molecule has 70 valence electrons. The molecule has 2 unspecified atom stereocenters. The van der Waals surface area contributed by atoms with E-state index in [-0.39, 0.29) is 6.10 Å². The van der Waals surface area contributed by atoms with E-state index in [4.69, 9.17) is 0 Å². The van der Waals surface area contributed by atoms with Gasteiger partial charge in [-0.05, 0) is 24.1 Å². The van der Waals surface area contributed by atoms with Crippen LogP contribution in [-0.4, -0.2) is 11.7 Å². The van der Waals surface area contributed by atoms with Gasteiger partial charge in [0.15, 0.2) is 0 Å². The van der Waals surface area contributed by atoms with Crippen LogP contribution in [0.15, 0.2) is 18.2 Å². The minimum Gasteiger partial charge on any atom is -0.389 e. The number of fused-ring (bicyclic) bond motifs is 1. The molecular weight excluding hydrogens is 162 g/mol. The van der Waals surface area contributed by atoms with Gasteiger partial charge in [-0.3, -0.25) is 0 Å². The number of nitrogens with one attached hydrogen (secondary N) is 1. The molecule has 0 aliphatic carbocycles. The van der Waals surface area contributed by atoms with Crippen molar-refractivity contribution in [2.75, 3.05) is 11.9 Å². The van der Waals surface area contributed by atoms with Crippen LogP contribution in [0.1, 0.15) is 37.0 Å². The molecule has 0 spiro atoms. The summed E-state index contributed by atoms with van der Waals surface area (Å²) in [7, 11) is 0. The van der Waals surface area contributed by atoms with Crippen molar-refractivity contribution in [1.82, 2.24) is 0 Å². The summed E-state index contributed by atoms with van der Waals surface area (Å²) in [5.41, 5.74) is 3.54. The second-order valence-corrected chi connectivity index (χ2v) is 3.77. The van der Waals surface area contributed by atoms with Gasteiger partial charge in [-0.15, -0.1) is 0 Å². The van der Waals surface area contributed by atoms with E-state index < -0.39 is 0 Å². The third-order valence-corrected chi connectivity index (χ3v) is 2.68. The molecule has 0 bridgehead atoms. The zero-order chi connectivity index (χ0) is 9.42. The molecule has 2 N–H and O–H groups in total. The van der Waals surface area contributed by atoms with E-state index in [1.165, 1.54) is 11.3 Å². The van der Waals surface area contributed by atoms with Gasteiger partial charge in [-0.2, -0.15) is 0 Å². The number of hydrogen-bond acceptors (Lipinski definition) is 2. The number of aliphatic hydroxyl groups is 1. The van der Waals surface area contributed by atoms with Crippen molar-refractivity contribution in [3.63, 3.8) is 0 Å². The fourth-order valence-electron chi connectivity index (χ4n) is 2.02. The van der Waals surface area contributed by atoms with Crippen LogP contribution in [0.2, 0.25) is 0 Å². The lowest BCUT2D eigenvalue weighted by Gasteiger charge is -2.12. The first-order valence-corrected chi connectivity index (χ1v) is 4.75. The lowest BCUT2D eigenvalue weighted by atomic mass is 9.95. The number of aliphatic hydroxyl groups excluding tert-OH is 1. The molecule has 2 rings (SSSR count). The van der Waals surface area contributed by atoms with E-state index in [0.717, 1.165) is 12.1 Å². The first kappa shape index (κ1) is 8.57. The topological polar surface area (TPSA) is 32.3 Å². The van der Waals surface area contributed by atoms with E-state index >= 15 is 0 Å². The molecule has 0 saturated carbocycles. The van der Waals surface area contributed by atoms with Crippen molar-refractivity contribution in [2.45, 2.75) is 25.9 Å². The summed E-state index contributed by atoms with van der Waals surface area (Å²) in [4.78, 5) is 0. The summed E-state index contributed by atoms with van der Waals surface area (Å²) in [6.45, 7) is 4.99. The first-order valence-electron chi connectivity index (χ1n) is 4.75. The molecule has 0 radical (unpaired) electrons. The average molecular weight is 177 g/mol. The van der Waals surface area contributed by atoms with Gasteiger partial charge in [0.05, 0.1) is 6.10 Å². The fourth-order valence-corrected chi connectivity index (χ4v) is 2.02. The summed E-state index contributed by atoms with van der Waals surface area (Å²) in [6.07, 6.45) is -0.364. The largest absolute Gasteiger partial charge is 0.389 e. The number of anilines is 1. The molecule has 1 aliphatic rings. The van der Waals surface area contributed by atoms with Gasteiger partial charge in [0.25, 0.3) is 0 Å². The average Bonchev–Trinajstić information content (AvgIpc) is 2.48. The van der Waals surface area contributed by atoms with Crippen molar-refractivity contribution in [2.24, 2.45) is 0 Å². The normalized spacial score (nSPS) is 22.2. The van der Waals surface area contributed by atoms with Gasteiger partial charge in [0.1, 0.15) is 0 Å². The van der Waals surface area contributed by atoms with Gasteiger partial charge in [0.2, 0.25) is 0 Å². The fraction of sp³-hybridized carbons (Fsp3) is 0.455. The molecule has 1 aromatic carbocycles. The van der Waals surface area contributed by atoms with E-state index in [0.29, 0.717) is 5.92 Å². The highest BCUT2D eigenvalue weighted by atomic mass is 16.3. The van der Waals surface area contributed by atoms with Crippen molar-refractivity contribution in [3.8, 4) is 0 Å². The molecule has 1 aromatic rings. The molecule has 2 heteroatoms. The molecular formula is C11H15NO. The lowest BCUT2D eigenvalue weighted by molar-refractivity contribution is 0.198. The van der Waals surface area contributed by atoms with Crippen molar-refractivity contribution in [1.29, 1.82) is 0 Å². The Kier molecular flexibility index (Phi) is 2.00. The monoisotopic (exact) mass is 177 g/mol. The summed E-state index contributed by atoms with van der Waals surface area (Å²) < 4.78 is 0. The third kappa shape index (κ3) is 1.31. The van der Waals surface area contributed by atoms with Crippen LogP contribution in [0.4, 0.5) is 5.69 Å². The predicted octanol–water partition coefficient (Wildman–Crippen LogP) is 2.27. The Balaban J connectivity index is 2.53. The van der Waals surface area contributed by atoms with Crippen LogP contribution >= 0.6 is 0 Å². The van der Waals surface area contributed by atoms with Crippen molar-refractivity contribution < 1.29 is 5.11 Å². The minimum absolute atomic E-state index is 0.364. The summed E-state index contributed by atoms with van der Waals surface area (Å²) in [5, 5.41) is 12.9. The number of hydrogen-bond donors (Lipinski definition) is 2. The molecule has 2 nitrogen and oxygen atoms in total.